The summed E-state index contributed by atoms with van der Waals surface area (Å²) in [6.45, 7) is 6.65. The number of hydrogen-bond acceptors (Lipinski definition) is 6. The van der Waals surface area contributed by atoms with Gasteiger partial charge in [0.2, 0.25) is 0 Å². The quantitative estimate of drug-likeness (QED) is 0.0261. The Morgan fingerprint density at radius 2 is 0.444 bits per heavy atom. The lowest BCUT2D eigenvalue weighted by molar-refractivity contribution is -0.167. The molecule has 0 N–H and O–H groups in total. The van der Waals surface area contributed by atoms with Gasteiger partial charge < -0.3 is 14.2 Å². The van der Waals surface area contributed by atoms with Crippen molar-refractivity contribution in [1.29, 1.82) is 0 Å². The second-order valence-electron chi connectivity index (χ2n) is 24.1. The van der Waals surface area contributed by atoms with Crippen LogP contribution in [0.4, 0.5) is 0 Å². The summed E-state index contributed by atoms with van der Waals surface area (Å²) >= 11 is 0. The zero-order valence-corrected chi connectivity index (χ0v) is 54.3. The highest BCUT2D eigenvalue weighted by atomic mass is 16.6. The first-order chi connectivity index (χ1) is 40.0. The Kier molecular flexibility index (Phi) is 67.1. The number of carbonyl (C=O) groups is 3. The van der Waals surface area contributed by atoms with E-state index in [0.717, 1.165) is 89.9 Å². The van der Waals surface area contributed by atoms with Gasteiger partial charge in [0.15, 0.2) is 6.10 Å². The molecular formula is C75H136O6. The molecule has 6 heteroatoms. The molecule has 81 heavy (non-hydrogen) atoms. The minimum absolute atomic E-state index is 0.0740. The van der Waals surface area contributed by atoms with Crippen LogP contribution in [-0.4, -0.2) is 37.2 Å². The van der Waals surface area contributed by atoms with E-state index >= 15 is 0 Å². The number of esters is 3. The van der Waals surface area contributed by atoms with Crippen LogP contribution in [0.2, 0.25) is 0 Å². The van der Waals surface area contributed by atoms with E-state index in [2.05, 4.69) is 81.5 Å². The van der Waals surface area contributed by atoms with E-state index in [1.807, 2.05) is 0 Å². The zero-order valence-electron chi connectivity index (χ0n) is 54.3. The van der Waals surface area contributed by atoms with E-state index in [1.54, 1.807) is 0 Å². The van der Waals surface area contributed by atoms with Crippen molar-refractivity contribution in [1.82, 2.24) is 0 Å². The van der Waals surface area contributed by atoms with Crippen molar-refractivity contribution in [3.8, 4) is 0 Å². The molecule has 0 radical (unpaired) electrons. The van der Waals surface area contributed by atoms with Crippen LogP contribution >= 0.6 is 0 Å². The minimum Gasteiger partial charge on any atom is -0.462 e. The van der Waals surface area contributed by atoms with Gasteiger partial charge in [-0.05, 0) is 89.9 Å². The molecule has 0 saturated carbocycles. The van der Waals surface area contributed by atoms with E-state index in [-0.39, 0.29) is 31.1 Å². The second kappa shape index (κ2) is 69.6. The Bertz CT molecular complexity index is 1440. The molecule has 0 heterocycles. The predicted octanol–water partition coefficient (Wildman–Crippen LogP) is 24.7. The fraction of sp³-hybridized carbons (Fsp3) is 0.827. The number of ether oxygens (including phenoxy) is 3. The molecule has 6 nitrogen and oxygen atoms in total. The number of carbonyl (C=O) groups excluding carboxylic acids is 3. The molecule has 0 bridgehead atoms. The first-order valence-corrected chi connectivity index (χ1v) is 35.8. The van der Waals surface area contributed by atoms with Crippen molar-refractivity contribution in [2.45, 2.75) is 386 Å². The average Bonchev–Trinajstić information content (AvgIpc) is 3.47. The fourth-order valence-electron chi connectivity index (χ4n) is 10.6. The normalized spacial score (nSPS) is 12.4. The lowest BCUT2D eigenvalue weighted by atomic mass is 10.0. The van der Waals surface area contributed by atoms with Crippen LogP contribution in [0.1, 0.15) is 380 Å². The monoisotopic (exact) mass is 1130 g/mol. The summed E-state index contributed by atoms with van der Waals surface area (Å²) in [4.78, 5) is 38.4. The summed E-state index contributed by atoms with van der Waals surface area (Å²) in [5, 5.41) is 0. The third-order valence-corrected chi connectivity index (χ3v) is 16.0. The molecule has 0 spiro atoms. The highest BCUT2D eigenvalue weighted by Gasteiger charge is 2.19. The SMILES string of the molecule is CCCCC/C=C\C/C=C\CCCCCCCC(=O)OCC(COC(=O)CCCCCCCCCCCCCCCCCC/C=C\C/C=C\C/C=C\CCCCCCC)OC(=O)CCCCCCCCCCCCCCCCCCC. The van der Waals surface area contributed by atoms with Gasteiger partial charge in [0.25, 0.3) is 0 Å². The maximum Gasteiger partial charge on any atom is 0.306 e. The van der Waals surface area contributed by atoms with Crippen molar-refractivity contribution in [2.24, 2.45) is 0 Å². The van der Waals surface area contributed by atoms with Crippen molar-refractivity contribution in [3.05, 3.63) is 60.8 Å². The van der Waals surface area contributed by atoms with Crippen LogP contribution in [0.25, 0.3) is 0 Å². The molecule has 0 saturated heterocycles. The second-order valence-corrected chi connectivity index (χ2v) is 24.1. The zero-order chi connectivity index (χ0) is 58.5. The van der Waals surface area contributed by atoms with Gasteiger partial charge >= 0.3 is 17.9 Å². The molecule has 0 amide bonds. The summed E-state index contributed by atoms with van der Waals surface area (Å²) in [5.74, 6) is -0.863. The first-order valence-electron chi connectivity index (χ1n) is 35.8. The Labute approximate surface area is 504 Å². The molecule has 0 rings (SSSR count). The average molecular weight is 1130 g/mol. The van der Waals surface area contributed by atoms with E-state index in [1.165, 1.54) is 250 Å². The standard InChI is InChI=1S/C75H136O6/c1-4-7-10-13-16-19-22-25-28-30-31-32-33-34-35-36-37-38-39-40-41-42-43-45-47-50-53-56-59-62-65-68-74(77)80-71-72(70-79-73(76)67-64-61-58-55-52-49-46-27-24-21-18-15-12-9-6-3)81-75(78)69-66-63-60-57-54-51-48-44-29-26-23-20-17-14-11-8-5-2/h18,21-22,25,27,30-31,33-34,46,72H,4-17,19-20,23-24,26,28-29,32,35-45,47-71H2,1-3H3/b21-18-,25-22-,31-30-,34-33-,46-27-. The topological polar surface area (TPSA) is 78.9 Å². The number of hydrogen-bond donors (Lipinski definition) is 0. The largest absolute Gasteiger partial charge is 0.462 e. The number of rotatable bonds is 66. The van der Waals surface area contributed by atoms with Gasteiger partial charge in [0, 0.05) is 19.3 Å². The van der Waals surface area contributed by atoms with Gasteiger partial charge in [-0.2, -0.15) is 0 Å². The van der Waals surface area contributed by atoms with Crippen LogP contribution in [0.5, 0.6) is 0 Å². The van der Waals surface area contributed by atoms with E-state index < -0.39 is 6.10 Å². The molecule has 0 aromatic carbocycles. The van der Waals surface area contributed by atoms with Crippen molar-refractivity contribution in [2.75, 3.05) is 13.2 Å². The molecule has 1 atom stereocenters. The third kappa shape index (κ3) is 67.8. The van der Waals surface area contributed by atoms with Crippen LogP contribution in [0.15, 0.2) is 60.8 Å². The summed E-state index contributed by atoms with van der Waals surface area (Å²) < 4.78 is 17.0. The van der Waals surface area contributed by atoms with Gasteiger partial charge in [-0.25, -0.2) is 0 Å². The van der Waals surface area contributed by atoms with Crippen LogP contribution in [-0.2, 0) is 28.6 Å². The summed E-state index contributed by atoms with van der Waals surface area (Å²) in [6, 6.07) is 0. The van der Waals surface area contributed by atoms with Crippen LogP contribution in [0, 0.1) is 0 Å². The number of unbranched alkanes of at least 4 members (excludes halogenated alkanes) is 45. The Morgan fingerprint density at radius 1 is 0.247 bits per heavy atom. The Hall–Kier alpha value is -2.89. The first kappa shape index (κ1) is 78.1. The highest BCUT2D eigenvalue weighted by Crippen LogP contribution is 2.18. The highest BCUT2D eigenvalue weighted by molar-refractivity contribution is 5.71. The number of allylic oxidation sites excluding steroid dienone is 10. The van der Waals surface area contributed by atoms with E-state index in [4.69, 9.17) is 14.2 Å². The van der Waals surface area contributed by atoms with Crippen LogP contribution in [0.3, 0.4) is 0 Å². The summed E-state index contributed by atoms with van der Waals surface area (Å²) in [6.07, 6.45) is 89.6. The molecule has 0 aromatic rings. The van der Waals surface area contributed by atoms with Crippen molar-refractivity contribution >= 4 is 17.9 Å². The van der Waals surface area contributed by atoms with Gasteiger partial charge in [-0.15, -0.1) is 0 Å². The molecule has 0 fully saturated rings. The fourth-order valence-corrected chi connectivity index (χ4v) is 10.6. The molecule has 1 unspecified atom stereocenters. The smallest absolute Gasteiger partial charge is 0.306 e. The predicted molar refractivity (Wildman–Crippen MR) is 353 cm³/mol. The minimum atomic E-state index is -0.778. The van der Waals surface area contributed by atoms with Gasteiger partial charge in [-0.3, -0.25) is 14.4 Å². The van der Waals surface area contributed by atoms with Crippen LogP contribution < -0.4 is 0 Å². The van der Waals surface area contributed by atoms with Crippen molar-refractivity contribution < 1.29 is 28.6 Å². The molecule has 0 aliphatic carbocycles. The van der Waals surface area contributed by atoms with Gasteiger partial charge in [0.05, 0.1) is 0 Å². The van der Waals surface area contributed by atoms with Crippen molar-refractivity contribution in [3.63, 3.8) is 0 Å². The van der Waals surface area contributed by atoms with Gasteiger partial charge in [0.1, 0.15) is 13.2 Å². The molecule has 472 valence electrons. The van der Waals surface area contributed by atoms with Gasteiger partial charge in [-0.1, -0.05) is 332 Å². The maximum atomic E-state index is 12.9. The third-order valence-electron chi connectivity index (χ3n) is 16.0. The molecule has 0 aromatic heterocycles. The molecule has 0 aliphatic heterocycles. The van der Waals surface area contributed by atoms with E-state index in [9.17, 15) is 14.4 Å². The van der Waals surface area contributed by atoms with E-state index in [0.29, 0.717) is 19.3 Å². The lowest BCUT2D eigenvalue weighted by Gasteiger charge is -2.18. The summed E-state index contributed by atoms with van der Waals surface area (Å²) in [7, 11) is 0. The Balaban J connectivity index is 4.21. The maximum absolute atomic E-state index is 12.9. The lowest BCUT2D eigenvalue weighted by Crippen LogP contribution is -2.30. The molecule has 0 aliphatic rings. The Morgan fingerprint density at radius 3 is 0.716 bits per heavy atom. The molecular weight excluding hydrogens is 997 g/mol. The summed E-state index contributed by atoms with van der Waals surface area (Å²) in [5.41, 5.74) is 0.